The Labute approximate surface area is 144 Å². The van der Waals surface area contributed by atoms with Gasteiger partial charge in [-0.1, -0.05) is 53.2 Å². The molecule has 0 atom stereocenters. The van der Waals surface area contributed by atoms with E-state index in [9.17, 15) is 0 Å². The van der Waals surface area contributed by atoms with Crippen LogP contribution in [0.1, 0.15) is 17.0 Å². The van der Waals surface area contributed by atoms with Gasteiger partial charge in [0.1, 0.15) is 5.15 Å². The molecule has 0 saturated heterocycles. The van der Waals surface area contributed by atoms with Crippen molar-refractivity contribution in [2.24, 2.45) is 0 Å². The van der Waals surface area contributed by atoms with E-state index in [-0.39, 0.29) is 0 Å². The predicted molar refractivity (Wildman–Crippen MR) is 94.0 cm³/mol. The van der Waals surface area contributed by atoms with Gasteiger partial charge in [0.05, 0.1) is 6.42 Å². The molecule has 0 aliphatic heterocycles. The summed E-state index contributed by atoms with van der Waals surface area (Å²) < 4.78 is 5.41. The molecule has 0 bridgehead atoms. The minimum atomic E-state index is 0.439. The Kier molecular flexibility index (Phi) is 3.75. The summed E-state index contributed by atoms with van der Waals surface area (Å²) in [7, 11) is 0. The zero-order valence-electron chi connectivity index (χ0n) is 13.0. The zero-order chi connectivity index (χ0) is 16.5. The molecule has 4 aromatic rings. The largest absolute Gasteiger partial charge is 0.339 e. The topological polar surface area (TPSA) is 51.8 Å². The molecule has 0 spiro atoms. The van der Waals surface area contributed by atoms with Crippen molar-refractivity contribution in [3.63, 3.8) is 0 Å². The van der Waals surface area contributed by atoms with Gasteiger partial charge in [0.2, 0.25) is 11.7 Å². The number of pyridine rings is 1. The monoisotopic (exact) mass is 335 g/mol. The molecule has 24 heavy (non-hydrogen) atoms. The van der Waals surface area contributed by atoms with Crippen LogP contribution in [0, 0.1) is 6.92 Å². The third-order valence-electron chi connectivity index (χ3n) is 4.03. The van der Waals surface area contributed by atoms with Crippen LogP contribution in [0.5, 0.6) is 0 Å². The van der Waals surface area contributed by atoms with E-state index in [2.05, 4.69) is 58.4 Å². The Morgan fingerprint density at radius 1 is 1.00 bits per heavy atom. The van der Waals surface area contributed by atoms with E-state index in [1.165, 1.54) is 21.9 Å². The first-order chi connectivity index (χ1) is 11.7. The summed E-state index contributed by atoms with van der Waals surface area (Å²) >= 11 is 5.80. The van der Waals surface area contributed by atoms with Gasteiger partial charge in [0.15, 0.2) is 0 Å². The quantitative estimate of drug-likeness (QED) is 0.503. The van der Waals surface area contributed by atoms with Crippen LogP contribution < -0.4 is 0 Å². The molecule has 5 heteroatoms. The number of halogens is 1. The number of benzene rings is 2. The molecule has 118 valence electrons. The molecule has 2 aromatic heterocycles. The maximum absolute atomic E-state index is 5.80. The fourth-order valence-electron chi connectivity index (χ4n) is 2.80. The molecule has 0 unspecified atom stereocenters. The highest BCUT2D eigenvalue weighted by Gasteiger charge is 2.11. The lowest BCUT2D eigenvalue weighted by Gasteiger charge is -2.06. The summed E-state index contributed by atoms with van der Waals surface area (Å²) in [6.45, 7) is 2.12. The predicted octanol–water partition coefficient (Wildman–Crippen LogP) is 4.84. The van der Waals surface area contributed by atoms with Crippen LogP contribution in [0.15, 0.2) is 59.3 Å². The molecule has 0 saturated carbocycles. The summed E-state index contributed by atoms with van der Waals surface area (Å²) in [5.41, 5.74) is 3.21. The molecule has 2 heterocycles. The molecule has 0 amide bonds. The lowest BCUT2D eigenvalue weighted by atomic mass is 9.99. The lowest BCUT2D eigenvalue weighted by molar-refractivity contribution is 0.386. The molecule has 0 aliphatic carbocycles. The number of rotatable bonds is 3. The maximum atomic E-state index is 5.80. The molecule has 2 aromatic carbocycles. The normalized spacial score (nSPS) is 11.1. The van der Waals surface area contributed by atoms with Crippen molar-refractivity contribution in [3.8, 4) is 11.4 Å². The Morgan fingerprint density at radius 2 is 1.83 bits per heavy atom. The van der Waals surface area contributed by atoms with Crippen molar-refractivity contribution in [1.82, 2.24) is 15.1 Å². The van der Waals surface area contributed by atoms with Gasteiger partial charge in [0.25, 0.3) is 0 Å². The average molecular weight is 336 g/mol. The SMILES string of the molecule is Cc1cccc2c(Cc3nc(-c4ccc(Cl)nc4)no3)cccc12. The van der Waals surface area contributed by atoms with Gasteiger partial charge in [0, 0.05) is 11.8 Å². The highest BCUT2D eigenvalue weighted by molar-refractivity contribution is 6.29. The van der Waals surface area contributed by atoms with Crippen molar-refractivity contribution in [3.05, 3.63) is 76.9 Å². The number of aromatic nitrogens is 3. The second-order valence-corrected chi connectivity index (χ2v) is 6.03. The minimum Gasteiger partial charge on any atom is -0.339 e. The Morgan fingerprint density at radius 3 is 2.67 bits per heavy atom. The summed E-state index contributed by atoms with van der Waals surface area (Å²) in [5.74, 6) is 1.10. The Bertz CT molecular complexity index is 1010. The number of nitrogens with zero attached hydrogens (tertiary/aromatic N) is 3. The van der Waals surface area contributed by atoms with Crippen molar-refractivity contribution in [2.45, 2.75) is 13.3 Å². The van der Waals surface area contributed by atoms with Gasteiger partial charge in [-0.15, -0.1) is 0 Å². The van der Waals surface area contributed by atoms with Crippen molar-refractivity contribution >= 4 is 22.4 Å². The van der Waals surface area contributed by atoms with E-state index in [4.69, 9.17) is 16.1 Å². The first kappa shape index (κ1) is 14.8. The van der Waals surface area contributed by atoms with Crippen molar-refractivity contribution in [2.75, 3.05) is 0 Å². The zero-order valence-corrected chi connectivity index (χ0v) is 13.8. The highest BCUT2D eigenvalue weighted by Crippen LogP contribution is 2.24. The van der Waals surface area contributed by atoms with E-state index in [0.717, 1.165) is 5.56 Å². The van der Waals surface area contributed by atoms with Crippen molar-refractivity contribution < 1.29 is 4.52 Å². The molecule has 4 nitrogen and oxygen atoms in total. The molecular formula is C19H14ClN3O. The van der Waals surface area contributed by atoms with Crippen LogP contribution in [0.2, 0.25) is 5.15 Å². The summed E-state index contributed by atoms with van der Waals surface area (Å²) in [6, 6.07) is 16.1. The Balaban J connectivity index is 1.67. The lowest BCUT2D eigenvalue weighted by Crippen LogP contribution is -1.91. The van der Waals surface area contributed by atoms with Crippen molar-refractivity contribution in [1.29, 1.82) is 0 Å². The van der Waals surface area contributed by atoms with Gasteiger partial charge < -0.3 is 4.52 Å². The molecule has 0 N–H and O–H groups in total. The van der Waals surface area contributed by atoms with Crippen LogP contribution in [0.3, 0.4) is 0 Å². The molecule has 0 fully saturated rings. The first-order valence-corrected chi connectivity index (χ1v) is 8.00. The smallest absolute Gasteiger partial charge is 0.231 e. The van der Waals surface area contributed by atoms with Crippen LogP contribution in [0.4, 0.5) is 0 Å². The third-order valence-corrected chi connectivity index (χ3v) is 4.25. The summed E-state index contributed by atoms with van der Waals surface area (Å²) in [5, 5.41) is 6.94. The highest BCUT2D eigenvalue weighted by atomic mass is 35.5. The van der Waals surface area contributed by atoms with Gasteiger partial charge in [-0.05, 0) is 41.0 Å². The molecular weight excluding hydrogens is 322 g/mol. The second-order valence-electron chi connectivity index (χ2n) is 5.65. The number of fused-ring (bicyclic) bond motifs is 1. The number of aryl methyl sites for hydroxylation is 1. The summed E-state index contributed by atoms with van der Waals surface area (Å²) in [4.78, 5) is 8.52. The van der Waals surface area contributed by atoms with Crippen LogP contribution in [-0.2, 0) is 6.42 Å². The van der Waals surface area contributed by atoms with Gasteiger partial charge >= 0.3 is 0 Å². The number of hydrogen-bond acceptors (Lipinski definition) is 4. The molecule has 4 rings (SSSR count). The van der Waals surface area contributed by atoms with E-state index >= 15 is 0 Å². The maximum Gasteiger partial charge on any atom is 0.231 e. The second kappa shape index (κ2) is 6.06. The fourth-order valence-corrected chi connectivity index (χ4v) is 2.91. The van der Waals surface area contributed by atoms with E-state index in [1.54, 1.807) is 12.3 Å². The van der Waals surface area contributed by atoms with Crippen LogP contribution in [-0.4, -0.2) is 15.1 Å². The van der Waals surface area contributed by atoms with E-state index < -0.39 is 0 Å². The molecule has 0 aliphatic rings. The van der Waals surface area contributed by atoms with E-state index in [0.29, 0.717) is 23.3 Å². The van der Waals surface area contributed by atoms with Gasteiger partial charge in [-0.2, -0.15) is 4.98 Å². The van der Waals surface area contributed by atoms with Crippen LogP contribution >= 0.6 is 11.6 Å². The fraction of sp³-hybridized carbons (Fsp3) is 0.105. The first-order valence-electron chi connectivity index (χ1n) is 7.62. The average Bonchev–Trinajstić information content (AvgIpc) is 3.05. The standard InChI is InChI=1S/C19H14ClN3O/c1-12-4-2-7-16-13(5-3-6-15(12)16)10-18-22-19(23-24-18)14-8-9-17(20)21-11-14/h2-9,11H,10H2,1H3. The molecule has 0 radical (unpaired) electrons. The van der Waals surface area contributed by atoms with Gasteiger partial charge in [-0.25, -0.2) is 4.98 Å². The van der Waals surface area contributed by atoms with Crippen LogP contribution in [0.25, 0.3) is 22.2 Å². The van der Waals surface area contributed by atoms with Gasteiger partial charge in [-0.3, -0.25) is 0 Å². The Hall–Kier alpha value is -2.72. The minimum absolute atomic E-state index is 0.439. The summed E-state index contributed by atoms with van der Waals surface area (Å²) in [6.07, 6.45) is 2.23. The third kappa shape index (κ3) is 2.76. The number of hydrogen-bond donors (Lipinski definition) is 0. The van der Waals surface area contributed by atoms with E-state index in [1.807, 2.05) is 6.07 Å².